The lowest BCUT2D eigenvalue weighted by Crippen LogP contribution is -2.38. The minimum atomic E-state index is -0.209. The van der Waals surface area contributed by atoms with Gasteiger partial charge < -0.3 is 4.90 Å². The molecule has 0 radical (unpaired) electrons. The van der Waals surface area contributed by atoms with Gasteiger partial charge in [-0.1, -0.05) is 30.3 Å². The number of aromatic nitrogens is 2. The summed E-state index contributed by atoms with van der Waals surface area (Å²) in [5, 5.41) is 4.07. The average Bonchev–Trinajstić information content (AvgIpc) is 2.98. The molecule has 1 aromatic carbocycles. The molecule has 1 aromatic heterocycles. The Hall–Kier alpha value is -2.43. The fourth-order valence-corrected chi connectivity index (χ4v) is 2.96. The summed E-state index contributed by atoms with van der Waals surface area (Å²) in [5.74, 6) is -0.0889. The van der Waals surface area contributed by atoms with Crippen LogP contribution >= 0.6 is 0 Å². The summed E-state index contributed by atoms with van der Waals surface area (Å²) in [6.07, 6.45) is 2.87. The van der Waals surface area contributed by atoms with Crippen LogP contribution in [0.1, 0.15) is 28.9 Å². The van der Waals surface area contributed by atoms with Crippen molar-refractivity contribution in [1.29, 1.82) is 0 Å². The van der Waals surface area contributed by atoms with Crippen molar-refractivity contribution >= 4 is 5.91 Å². The molecule has 0 N–H and O–H groups in total. The van der Waals surface area contributed by atoms with Gasteiger partial charge in [-0.25, -0.2) is 4.68 Å². The minimum Gasteiger partial charge on any atom is -0.334 e. The van der Waals surface area contributed by atoms with Crippen molar-refractivity contribution in [3.05, 3.63) is 64.1 Å². The number of carbonyl (C=O) groups excluding carboxylic acids is 1. The van der Waals surface area contributed by atoms with Crippen LogP contribution in [0.5, 0.6) is 0 Å². The van der Waals surface area contributed by atoms with Gasteiger partial charge in [-0.3, -0.25) is 9.59 Å². The maximum atomic E-state index is 12.7. The summed E-state index contributed by atoms with van der Waals surface area (Å²) in [5.41, 5.74) is 1.36. The summed E-state index contributed by atoms with van der Waals surface area (Å²) >= 11 is 0. The summed E-state index contributed by atoms with van der Waals surface area (Å²) < 4.78 is 1.20. The van der Waals surface area contributed by atoms with Crippen LogP contribution in [-0.4, -0.2) is 33.2 Å². The molecule has 1 saturated heterocycles. The van der Waals surface area contributed by atoms with Crippen molar-refractivity contribution in [2.45, 2.75) is 25.3 Å². The van der Waals surface area contributed by atoms with Gasteiger partial charge in [0.1, 0.15) is 5.69 Å². The molecule has 0 spiro atoms. The average molecular weight is 297 g/mol. The van der Waals surface area contributed by atoms with Crippen molar-refractivity contribution in [2.75, 3.05) is 6.54 Å². The fourth-order valence-electron chi connectivity index (χ4n) is 2.96. The maximum absolute atomic E-state index is 12.7. The second-order valence-corrected chi connectivity index (χ2v) is 5.66. The molecule has 1 fully saturated rings. The molecular formula is C17H19N3O2. The normalized spacial score (nSPS) is 17.7. The molecule has 2 heterocycles. The number of aryl methyl sites for hydroxylation is 1. The molecule has 1 unspecified atom stereocenters. The summed E-state index contributed by atoms with van der Waals surface area (Å²) in [4.78, 5) is 25.9. The largest absolute Gasteiger partial charge is 0.334 e. The Bertz CT molecular complexity index is 724. The van der Waals surface area contributed by atoms with Gasteiger partial charge in [0.15, 0.2) is 0 Å². The summed E-state index contributed by atoms with van der Waals surface area (Å²) in [7, 11) is 1.56. The number of amides is 1. The predicted octanol–water partition coefficient (Wildman–Crippen LogP) is 1.63. The van der Waals surface area contributed by atoms with Crippen molar-refractivity contribution in [3.63, 3.8) is 0 Å². The van der Waals surface area contributed by atoms with Crippen LogP contribution in [-0.2, 0) is 13.5 Å². The third-order valence-electron chi connectivity index (χ3n) is 4.13. The van der Waals surface area contributed by atoms with Crippen LogP contribution in [0.2, 0.25) is 0 Å². The van der Waals surface area contributed by atoms with E-state index < -0.39 is 0 Å². The van der Waals surface area contributed by atoms with E-state index in [4.69, 9.17) is 0 Å². The molecule has 1 amide bonds. The first-order valence-corrected chi connectivity index (χ1v) is 7.54. The highest BCUT2D eigenvalue weighted by Crippen LogP contribution is 2.22. The van der Waals surface area contributed by atoms with Crippen LogP contribution in [0.25, 0.3) is 0 Å². The van der Waals surface area contributed by atoms with E-state index in [-0.39, 0.29) is 17.5 Å². The second kappa shape index (κ2) is 6.13. The molecule has 1 aliphatic rings. The van der Waals surface area contributed by atoms with E-state index in [0.717, 1.165) is 25.8 Å². The number of likely N-dealkylation sites (tertiary alicyclic amines) is 1. The Morgan fingerprint density at radius 3 is 2.73 bits per heavy atom. The molecule has 1 atom stereocenters. The third kappa shape index (κ3) is 2.93. The van der Waals surface area contributed by atoms with Crippen molar-refractivity contribution in [1.82, 2.24) is 14.7 Å². The first-order valence-electron chi connectivity index (χ1n) is 7.54. The molecule has 114 valence electrons. The van der Waals surface area contributed by atoms with Gasteiger partial charge in [0.25, 0.3) is 11.5 Å². The van der Waals surface area contributed by atoms with Gasteiger partial charge in [0.2, 0.25) is 0 Å². The monoisotopic (exact) mass is 297 g/mol. The molecular weight excluding hydrogens is 278 g/mol. The highest BCUT2D eigenvalue weighted by atomic mass is 16.2. The van der Waals surface area contributed by atoms with E-state index >= 15 is 0 Å². The molecule has 0 saturated carbocycles. The summed E-state index contributed by atoms with van der Waals surface area (Å²) in [6, 6.07) is 13.3. The van der Waals surface area contributed by atoms with Gasteiger partial charge in [-0.2, -0.15) is 5.10 Å². The maximum Gasteiger partial charge on any atom is 0.274 e. The quantitative estimate of drug-likeness (QED) is 0.865. The van der Waals surface area contributed by atoms with Crippen LogP contribution in [0.4, 0.5) is 0 Å². The number of benzene rings is 1. The van der Waals surface area contributed by atoms with E-state index in [1.54, 1.807) is 7.05 Å². The van der Waals surface area contributed by atoms with Crippen LogP contribution in [0, 0.1) is 0 Å². The lowest BCUT2D eigenvalue weighted by atomic mass is 10.0. The van der Waals surface area contributed by atoms with Crippen molar-refractivity contribution in [2.24, 2.45) is 7.05 Å². The number of carbonyl (C=O) groups is 1. The molecule has 0 bridgehead atoms. The number of nitrogens with zero attached hydrogens (tertiary/aromatic N) is 3. The number of hydrogen-bond acceptors (Lipinski definition) is 3. The Morgan fingerprint density at radius 1 is 1.23 bits per heavy atom. The molecule has 5 heteroatoms. The van der Waals surface area contributed by atoms with E-state index in [2.05, 4.69) is 17.2 Å². The van der Waals surface area contributed by atoms with Crippen molar-refractivity contribution < 1.29 is 4.79 Å². The standard InChI is InChI=1S/C17H19N3O2/c1-19-16(21)10-9-15(18-19)17(22)20-11-5-8-14(20)12-13-6-3-2-4-7-13/h2-4,6-7,9-10,14H,5,8,11-12H2,1H3. The first-order chi connectivity index (χ1) is 10.6. The summed E-state index contributed by atoms with van der Waals surface area (Å²) in [6.45, 7) is 0.751. The third-order valence-corrected chi connectivity index (χ3v) is 4.13. The highest BCUT2D eigenvalue weighted by molar-refractivity contribution is 5.92. The van der Waals surface area contributed by atoms with Gasteiger partial charge in [-0.15, -0.1) is 0 Å². The van der Waals surface area contributed by atoms with Crippen LogP contribution in [0.15, 0.2) is 47.3 Å². The Balaban J connectivity index is 1.78. The Labute approximate surface area is 129 Å². The zero-order chi connectivity index (χ0) is 15.5. The lowest BCUT2D eigenvalue weighted by Gasteiger charge is -2.24. The molecule has 1 aliphatic heterocycles. The smallest absolute Gasteiger partial charge is 0.274 e. The highest BCUT2D eigenvalue weighted by Gasteiger charge is 2.30. The van der Waals surface area contributed by atoms with Crippen LogP contribution in [0.3, 0.4) is 0 Å². The van der Waals surface area contributed by atoms with E-state index in [1.807, 2.05) is 23.1 Å². The van der Waals surface area contributed by atoms with E-state index in [0.29, 0.717) is 5.69 Å². The van der Waals surface area contributed by atoms with Gasteiger partial charge in [-0.05, 0) is 30.9 Å². The van der Waals surface area contributed by atoms with Gasteiger partial charge >= 0.3 is 0 Å². The second-order valence-electron chi connectivity index (χ2n) is 5.66. The fraction of sp³-hybridized carbons (Fsp3) is 0.353. The minimum absolute atomic E-state index is 0.0889. The molecule has 2 aromatic rings. The van der Waals surface area contributed by atoms with Crippen LogP contribution < -0.4 is 5.56 Å². The van der Waals surface area contributed by atoms with Gasteiger partial charge in [0.05, 0.1) is 0 Å². The first kappa shape index (κ1) is 14.5. The molecule has 0 aliphatic carbocycles. The van der Waals surface area contributed by atoms with Crippen molar-refractivity contribution in [3.8, 4) is 0 Å². The van der Waals surface area contributed by atoms with E-state index in [1.165, 1.54) is 22.4 Å². The zero-order valence-corrected chi connectivity index (χ0v) is 12.6. The predicted molar refractivity (Wildman–Crippen MR) is 83.7 cm³/mol. The number of rotatable bonds is 3. The molecule has 22 heavy (non-hydrogen) atoms. The number of hydrogen-bond donors (Lipinski definition) is 0. The molecule has 5 nitrogen and oxygen atoms in total. The van der Waals surface area contributed by atoms with E-state index in [9.17, 15) is 9.59 Å². The van der Waals surface area contributed by atoms with Gasteiger partial charge in [0, 0.05) is 25.7 Å². The Kier molecular flexibility index (Phi) is 4.04. The topological polar surface area (TPSA) is 55.2 Å². The molecule has 3 rings (SSSR count). The SMILES string of the molecule is Cn1nc(C(=O)N2CCCC2Cc2ccccc2)ccc1=O. The zero-order valence-electron chi connectivity index (χ0n) is 12.6. The lowest BCUT2D eigenvalue weighted by molar-refractivity contribution is 0.0728. The Morgan fingerprint density at radius 2 is 2.00 bits per heavy atom.